The molecule has 0 radical (unpaired) electrons. The molecule has 0 saturated heterocycles. The van der Waals surface area contributed by atoms with Gasteiger partial charge in [-0.3, -0.25) is 0 Å². The molecule has 2 N–H and O–H groups in total. The zero-order valence-corrected chi connectivity index (χ0v) is 10.9. The Balaban J connectivity index is 2.31. The first-order valence-electron chi connectivity index (χ1n) is 4.74. The van der Waals surface area contributed by atoms with Crippen LogP contribution in [0.2, 0.25) is 5.02 Å². The van der Waals surface area contributed by atoms with Crippen LogP contribution in [-0.4, -0.2) is 0 Å². The molecule has 0 bridgehead atoms. The molecule has 0 aliphatic carbocycles. The number of benzene rings is 2. The molecule has 0 spiro atoms. The molecule has 0 aromatic heterocycles. The SMILES string of the molecule is Nc1ccc(Oc2ccc(F)cc2Cl)c(Br)c1. The van der Waals surface area contributed by atoms with Crippen LogP contribution in [0, 0.1) is 5.82 Å². The van der Waals surface area contributed by atoms with E-state index < -0.39 is 5.82 Å². The van der Waals surface area contributed by atoms with Crippen molar-refractivity contribution in [2.45, 2.75) is 0 Å². The molecule has 2 nitrogen and oxygen atoms in total. The summed E-state index contributed by atoms with van der Waals surface area (Å²) >= 11 is 9.18. The zero-order valence-electron chi connectivity index (χ0n) is 8.58. The fourth-order valence-electron chi connectivity index (χ4n) is 1.28. The van der Waals surface area contributed by atoms with Crippen LogP contribution in [0.5, 0.6) is 11.5 Å². The first-order valence-corrected chi connectivity index (χ1v) is 5.91. The Kier molecular flexibility index (Phi) is 3.54. The van der Waals surface area contributed by atoms with E-state index in [1.807, 2.05) is 0 Å². The smallest absolute Gasteiger partial charge is 0.146 e. The Morgan fingerprint density at radius 3 is 2.47 bits per heavy atom. The molecule has 0 aliphatic heterocycles. The molecule has 0 amide bonds. The van der Waals surface area contributed by atoms with Gasteiger partial charge in [-0.1, -0.05) is 11.6 Å². The molecular formula is C12H8BrClFNO. The summed E-state index contributed by atoms with van der Waals surface area (Å²) in [5, 5.41) is 0.216. The number of halogens is 3. The van der Waals surface area contributed by atoms with Gasteiger partial charge in [-0.05, 0) is 52.3 Å². The summed E-state index contributed by atoms with van der Waals surface area (Å²) in [6, 6.07) is 9.08. The van der Waals surface area contributed by atoms with Gasteiger partial charge >= 0.3 is 0 Å². The Bertz CT molecular complexity index is 513. The van der Waals surface area contributed by atoms with Gasteiger partial charge in [-0.15, -0.1) is 0 Å². The van der Waals surface area contributed by atoms with E-state index in [0.717, 1.165) is 0 Å². The molecule has 0 saturated carbocycles. The van der Waals surface area contributed by atoms with Gasteiger partial charge in [-0.2, -0.15) is 0 Å². The maximum Gasteiger partial charge on any atom is 0.146 e. The van der Waals surface area contributed by atoms with Crippen molar-refractivity contribution >= 4 is 33.2 Å². The fourth-order valence-corrected chi connectivity index (χ4v) is 1.96. The second-order valence-corrected chi connectivity index (χ2v) is 4.63. The van der Waals surface area contributed by atoms with Gasteiger partial charge in [0.1, 0.15) is 17.3 Å². The van der Waals surface area contributed by atoms with Crippen molar-refractivity contribution < 1.29 is 9.13 Å². The Morgan fingerprint density at radius 1 is 1.12 bits per heavy atom. The van der Waals surface area contributed by atoms with Crippen molar-refractivity contribution in [3.63, 3.8) is 0 Å². The molecule has 0 fully saturated rings. The lowest BCUT2D eigenvalue weighted by Crippen LogP contribution is -1.89. The summed E-state index contributed by atoms with van der Waals surface area (Å²) in [6.07, 6.45) is 0. The molecule has 0 unspecified atom stereocenters. The van der Waals surface area contributed by atoms with Crippen LogP contribution >= 0.6 is 27.5 Å². The van der Waals surface area contributed by atoms with E-state index in [0.29, 0.717) is 21.7 Å². The number of nitrogens with two attached hydrogens (primary N) is 1. The predicted octanol–water partition coefficient (Wildman–Crippen LogP) is 4.62. The second kappa shape index (κ2) is 4.94. The number of ether oxygens (including phenoxy) is 1. The molecule has 0 heterocycles. The van der Waals surface area contributed by atoms with E-state index in [-0.39, 0.29) is 5.02 Å². The van der Waals surface area contributed by atoms with Crippen molar-refractivity contribution in [2.24, 2.45) is 0 Å². The second-order valence-electron chi connectivity index (χ2n) is 3.37. The van der Waals surface area contributed by atoms with Crippen LogP contribution in [-0.2, 0) is 0 Å². The van der Waals surface area contributed by atoms with E-state index in [9.17, 15) is 4.39 Å². The Morgan fingerprint density at radius 2 is 1.82 bits per heavy atom. The van der Waals surface area contributed by atoms with Crippen molar-refractivity contribution in [3.05, 3.63) is 51.7 Å². The lowest BCUT2D eigenvalue weighted by Gasteiger charge is -2.09. The molecule has 0 atom stereocenters. The van der Waals surface area contributed by atoms with E-state index >= 15 is 0 Å². The summed E-state index contributed by atoms with van der Waals surface area (Å²) in [6.45, 7) is 0. The summed E-state index contributed by atoms with van der Waals surface area (Å²) in [5.74, 6) is 0.546. The minimum atomic E-state index is -0.404. The number of rotatable bonds is 2. The monoisotopic (exact) mass is 315 g/mol. The average molecular weight is 317 g/mol. The van der Waals surface area contributed by atoms with E-state index in [4.69, 9.17) is 22.1 Å². The third-order valence-corrected chi connectivity index (χ3v) is 2.98. The van der Waals surface area contributed by atoms with E-state index in [1.165, 1.54) is 18.2 Å². The van der Waals surface area contributed by atoms with Crippen molar-refractivity contribution in [1.82, 2.24) is 0 Å². The van der Waals surface area contributed by atoms with Crippen LogP contribution in [0.3, 0.4) is 0 Å². The third-order valence-electron chi connectivity index (χ3n) is 2.07. The first-order chi connectivity index (χ1) is 8.06. The lowest BCUT2D eigenvalue weighted by atomic mass is 10.3. The number of hydrogen-bond donors (Lipinski definition) is 1. The third kappa shape index (κ3) is 2.90. The van der Waals surface area contributed by atoms with Gasteiger partial charge < -0.3 is 10.5 Å². The Hall–Kier alpha value is -1.26. The van der Waals surface area contributed by atoms with Gasteiger partial charge in [0, 0.05) is 5.69 Å². The number of nitrogen functional groups attached to an aromatic ring is 1. The largest absolute Gasteiger partial charge is 0.455 e. The van der Waals surface area contributed by atoms with Gasteiger partial charge in [0.15, 0.2) is 0 Å². The minimum Gasteiger partial charge on any atom is -0.455 e. The quantitative estimate of drug-likeness (QED) is 0.821. The lowest BCUT2D eigenvalue weighted by molar-refractivity contribution is 0.478. The van der Waals surface area contributed by atoms with Crippen molar-refractivity contribution in [3.8, 4) is 11.5 Å². The van der Waals surface area contributed by atoms with Crippen LogP contribution in [0.4, 0.5) is 10.1 Å². The van der Waals surface area contributed by atoms with Gasteiger partial charge in [0.25, 0.3) is 0 Å². The number of anilines is 1. The molecule has 2 aromatic carbocycles. The van der Waals surface area contributed by atoms with Crippen molar-refractivity contribution in [1.29, 1.82) is 0 Å². The number of hydrogen-bond acceptors (Lipinski definition) is 2. The predicted molar refractivity (Wildman–Crippen MR) is 70.0 cm³/mol. The summed E-state index contributed by atoms with van der Waals surface area (Å²) in [7, 11) is 0. The van der Waals surface area contributed by atoms with Crippen LogP contribution < -0.4 is 10.5 Å². The fraction of sp³-hybridized carbons (Fsp3) is 0. The summed E-state index contributed by atoms with van der Waals surface area (Å²) in [4.78, 5) is 0. The summed E-state index contributed by atoms with van der Waals surface area (Å²) < 4.78 is 19.1. The van der Waals surface area contributed by atoms with Gasteiger partial charge in [0.05, 0.1) is 9.50 Å². The molecule has 5 heteroatoms. The molecular weight excluding hydrogens is 308 g/mol. The molecule has 17 heavy (non-hydrogen) atoms. The van der Waals surface area contributed by atoms with Crippen molar-refractivity contribution in [2.75, 3.05) is 5.73 Å². The van der Waals surface area contributed by atoms with Gasteiger partial charge in [-0.25, -0.2) is 4.39 Å². The van der Waals surface area contributed by atoms with E-state index in [2.05, 4.69) is 15.9 Å². The Labute approximate surface area is 111 Å². The van der Waals surface area contributed by atoms with Gasteiger partial charge in [0.2, 0.25) is 0 Å². The normalized spacial score (nSPS) is 10.3. The highest BCUT2D eigenvalue weighted by atomic mass is 79.9. The average Bonchev–Trinajstić information content (AvgIpc) is 2.25. The zero-order chi connectivity index (χ0) is 12.4. The molecule has 2 rings (SSSR count). The maximum absolute atomic E-state index is 12.9. The maximum atomic E-state index is 12.9. The highest BCUT2D eigenvalue weighted by Gasteiger charge is 2.07. The summed E-state index contributed by atoms with van der Waals surface area (Å²) in [5.41, 5.74) is 6.23. The first kappa shape index (κ1) is 12.2. The van der Waals surface area contributed by atoms with E-state index in [1.54, 1.807) is 18.2 Å². The topological polar surface area (TPSA) is 35.2 Å². The van der Waals surface area contributed by atoms with Crippen LogP contribution in [0.1, 0.15) is 0 Å². The standard InChI is InChI=1S/C12H8BrClFNO/c13-9-6-8(16)2-4-11(9)17-12-3-1-7(15)5-10(12)14/h1-6H,16H2. The highest BCUT2D eigenvalue weighted by molar-refractivity contribution is 9.10. The minimum absolute atomic E-state index is 0.216. The molecule has 2 aromatic rings. The van der Waals surface area contributed by atoms with Crippen LogP contribution in [0.25, 0.3) is 0 Å². The highest BCUT2D eigenvalue weighted by Crippen LogP contribution is 2.34. The van der Waals surface area contributed by atoms with Crippen LogP contribution in [0.15, 0.2) is 40.9 Å². The molecule has 88 valence electrons. The molecule has 0 aliphatic rings.